The summed E-state index contributed by atoms with van der Waals surface area (Å²) in [7, 11) is 0. The third kappa shape index (κ3) is 18.3. The molecule has 2 saturated heterocycles. The zero-order valence-corrected chi connectivity index (χ0v) is 37.1. The van der Waals surface area contributed by atoms with E-state index in [0.29, 0.717) is 0 Å². The number of rotatable bonds is 2. The average Bonchev–Trinajstić information content (AvgIpc) is 3.21. The van der Waals surface area contributed by atoms with E-state index >= 15 is 0 Å². The number of aliphatic hydroxyl groups excluding tert-OH is 8. The molecule has 0 amide bonds. The van der Waals surface area contributed by atoms with E-state index in [1.807, 2.05) is 61.6 Å². The number of nitrogens with two attached hydrogens (primary N) is 1. The van der Waals surface area contributed by atoms with Crippen LogP contribution in [0.2, 0.25) is 0 Å². The zero-order chi connectivity index (χ0) is 46.9. The van der Waals surface area contributed by atoms with E-state index in [4.69, 9.17) is 24.7 Å². The van der Waals surface area contributed by atoms with Crippen molar-refractivity contribution in [2.75, 3.05) is 0 Å². The maximum atomic E-state index is 13.2. The molecule has 3 heterocycles. The minimum Gasteiger partial charge on any atom is -0.462 e. The lowest BCUT2D eigenvalue weighted by Gasteiger charge is -2.45. The van der Waals surface area contributed by atoms with Gasteiger partial charge in [-0.1, -0.05) is 106 Å². The van der Waals surface area contributed by atoms with Crippen LogP contribution in [-0.4, -0.2) is 149 Å². The second kappa shape index (κ2) is 26.7. The number of esters is 1. The van der Waals surface area contributed by atoms with Crippen molar-refractivity contribution in [3.8, 4) is 0 Å². The largest absolute Gasteiger partial charge is 0.462 e. The Morgan fingerprint density at radius 1 is 0.651 bits per heavy atom. The summed E-state index contributed by atoms with van der Waals surface area (Å²) in [5.74, 6) is -4.97. The smallest absolute Gasteiger partial charge is 0.308 e. The molecule has 63 heavy (non-hydrogen) atoms. The fraction of sp³-hybridized carbons (Fsp3) is 0.660. The van der Waals surface area contributed by atoms with Crippen molar-refractivity contribution in [2.24, 2.45) is 23.5 Å². The Morgan fingerprint density at radius 2 is 1.21 bits per heavy atom. The number of ketones is 1. The maximum absolute atomic E-state index is 13.2. The first-order valence-corrected chi connectivity index (χ1v) is 22.0. The Balaban J connectivity index is 1.81. The maximum Gasteiger partial charge on any atom is 0.308 e. The first kappa shape index (κ1) is 54.1. The van der Waals surface area contributed by atoms with Crippen LogP contribution in [0.15, 0.2) is 85.1 Å². The molecule has 3 aliphatic heterocycles. The number of Topliss-reactive ketones (excluding diaryl/α,β-unsaturated/α-hetero) is 1. The lowest BCUT2D eigenvalue weighted by molar-refractivity contribution is -0.302. The minimum absolute atomic E-state index is 0.0131. The highest BCUT2D eigenvalue weighted by atomic mass is 16.7. The summed E-state index contributed by atoms with van der Waals surface area (Å²) in [5, 5.41) is 96.9. The molecule has 16 heteroatoms. The first-order chi connectivity index (χ1) is 29.7. The fourth-order valence-electron chi connectivity index (χ4n) is 7.66. The molecule has 0 radical (unpaired) electrons. The zero-order valence-electron chi connectivity index (χ0n) is 37.1. The number of hydrogen-bond donors (Lipinski definition) is 10. The van der Waals surface area contributed by atoms with Gasteiger partial charge in [0.25, 0.3) is 0 Å². The summed E-state index contributed by atoms with van der Waals surface area (Å²) in [6.07, 6.45) is 8.58. The van der Waals surface area contributed by atoms with Gasteiger partial charge in [0.1, 0.15) is 18.3 Å². The van der Waals surface area contributed by atoms with Gasteiger partial charge in [0.15, 0.2) is 17.9 Å². The number of allylic oxidation sites excluding steroid dienone is 12. The van der Waals surface area contributed by atoms with Crippen LogP contribution in [0, 0.1) is 17.8 Å². The molecule has 14 unspecified atom stereocenters. The van der Waals surface area contributed by atoms with Crippen LogP contribution in [0.25, 0.3) is 0 Å². The highest BCUT2D eigenvalue weighted by molar-refractivity contribution is 5.83. The number of cyclic esters (lactones) is 1. The van der Waals surface area contributed by atoms with Gasteiger partial charge in [0.05, 0.1) is 73.8 Å². The molecule has 0 aromatic carbocycles. The average molecular weight is 892 g/mol. The molecule has 11 N–H and O–H groups in total. The molecule has 0 spiro atoms. The normalized spacial score (nSPS) is 45.5. The van der Waals surface area contributed by atoms with E-state index in [1.54, 1.807) is 58.1 Å². The summed E-state index contributed by atoms with van der Waals surface area (Å²) in [6.45, 7) is 8.55. The minimum atomic E-state index is -2.18. The van der Waals surface area contributed by atoms with E-state index in [1.165, 1.54) is 0 Å². The third-order valence-electron chi connectivity index (χ3n) is 11.9. The Kier molecular flexibility index (Phi) is 22.9. The van der Waals surface area contributed by atoms with Crippen LogP contribution in [0.4, 0.5) is 0 Å². The molecule has 356 valence electrons. The predicted octanol–water partition coefficient (Wildman–Crippen LogP) is 1.86. The molecule has 0 aliphatic carbocycles. The fourth-order valence-corrected chi connectivity index (χ4v) is 7.66. The van der Waals surface area contributed by atoms with Gasteiger partial charge in [-0.05, 0) is 39.5 Å². The van der Waals surface area contributed by atoms with Gasteiger partial charge in [-0.2, -0.15) is 0 Å². The van der Waals surface area contributed by atoms with Crippen LogP contribution in [0.5, 0.6) is 0 Å². The van der Waals surface area contributed by atoms with Crippen molar-refractivity contribution in [2.45, 2.75) is 177 Å². The highest BCUT2D eigenvalue weighted by Gasteiger charge is 2.47. The Bertz CT molecular complexity index is 1610. The Labute approximate surface area is 371 Å². The molecule has 2 bridgehead atoms. The van der Waals surface area contributed by atoms with Crippen molar-refractivity contribution in [1.29, 1.82) is 0 Å². The summed E-state index contributed by atoms with van der Waals surface area (Å²) in [6, 6.07) is -1.06. The molecular weight excluding hydrogens is 819 g/mol. The van der Waals surface area contributed by atoms with Crippen LogP contribution in [-0.2, 0) is 28.5 Å². The number of carbonyl (C=O) groups is 2. The van der Waals surface area contributed by atoms with Gasteiger partial charge in [-0.3, -0.25) is 9.59 Å². The van der Waals surface area contributed by atoms with Gasteiger partial charge in [0, 0.05) is 30.6 Å². The monoisotopic (exact) mass is 891 g/mol. The predicted molar refractivity (Wildman–Crippen MR) is 234 cm³/mol. The number of hydrogen-bond acceptors (Lipinski definition) is 16. The molecule has 16 nitrogen and oxygen atoms in total. The second-order valence-corrected chi connectivity index (χ2v) is 17.4. The number of fused-ring (bicyclic) bond motifs is 2. The standard InChI is InChI=1S/C47H73NO15/c1-28-18-16-14-12-10-8-6-7-9-11-13-15-17-19-36(62-46-45(58)42(48)44(57)32(5)61-46)25-40-30(3)38(53)26-47(59,63-40)27-39(54)37(52)21-20-33(49)22-34(50)23-35(51)24-41(55)60-31(4)29(2)43(28)56/h6-19,28-38,40,42-46,49-53,56-59H,20-27,48H2,1-5H3/b7-6+,10-8+,11-9+,14-12+,15-13+,18-16+,19-17+/t28-,29-,30?,31-,32?,33?,34?,35?,36?,37?,38-,40?,42?,43?,44?,45?,46?,47?/m0/s1. The van der Waals surface area contributed by atoms with Gasteiger partial charge in [-0.25, -0.2) is 0 Å². The second-order valence-electron chi connectivity index (χ2n) is 17.4. The molecule has 18 atom stereocenters. The van der Waals surface area contributed by atoms with E-state index in [2.05, 4.69) is 0 Å². The van der Waals surface area contributed by atoms with Gasteiger partial charge in [0.2, 0.25) is 0 Å². The topological polar surface area (TPSA) is 279 Å². The molecule has 0 aromatic heterocycles. The molecule has 3 rings (SSSR count). The summed E-state index contributed by atoms with van der Waals surface area (Å²) in [5.41, 5.74) is 6.05. The lowest BCUT2D eigenvalue weighted by Crippen LogP contribution is -2.61. The van der Waals surface area contributed by atoms with Crippen molar-refractivity contribution in [3.05, 3.63) is 85.1 Å². The van der Waals surface area contributed by atoms with Gasteiger partial charge in [-0.15, -0.1) is 0 Å². The van der Waals surface area contributed by atoms with Crippen molar-refractivity contribution < 1.29 is 74.5 Å². The molecule has 3 aliphatic rings. The summed E-state index contributed by atoms with van der Waals surface area (Å²) < 4.78 is 23.4. The Hall–Kier alpha value is -3.20. The SMILES string of the molecule is CC1OC(OC2/C=C/C=C/C=C/C=C/C=C/C=C/C=C/[C@H](C)C(O)[C@@H](C)[C@H](C)OC(=O)CC(O)CC(O)CC(O)CCC(O)C(=O)CC3(O)C[C@H](O)C(C)C(C2)O3)C(O)C(N)C1O. The molecule has 0 aromatic rings. The van der Waals surface area contributed by atoms with Crippen molar-refractivity contribution in [1.82, 2.24) is 0 Å². The summed E-state index contributed by atoms with van der Waals surface area (Å²) in [4.78, 5) is 25.8. The number of carbonyl (C=O) groups excluding carboxylic acids is 2. The molecule has 0 saturated carbocycles. The van der Waals surface area contributed by atoms with E-state index in [9.17, 15) is 55.5 Å². The van der Waals surface area contributed by atoms with Crippen LogP contribution < -0.4 is 5.73 Å². The van der Waals surface area contributed by atoms with Crippen LogP contribution in [0.3, 0.4) is 0 Å². The van der Waals surface area contributed by atoms with E-state index in [-0.39, 0.29) is 44.4 Å². The summed E-state index contributed by atoms with van der Waals surface area (Å²) >= 11 is 0. The van der Waals surface area contributed by atoms with Gasteiger partial charge < -0.3 is 70.6 Å². The highest BCUT2D eigenvalue weighted by Crippen LogP contribution is 2.37. The first-order valence-electron chi connectivity index (χ1n) is 22.0. The van der Waals surface area contributed by atoms with E-state index < -0.39 is 128 Å². The third-order valence-corrected chi connectivity index (χ3v) is 11.9. The molecular formula is C47H73NO15. The van der Waals surface area contributed by atoms with Crippen LogP contribution >= 0.6 is 0 Å². The van der Waals surface area contributed by atoms with Crippen molar-refractivity contribution >= 4 is 11.8 Å². The van der Waals surface area contributed by atoms with Crippen LogP contribution in [0.1, 0.15) is 86.0 Å². The van der Waals surface area contributed by atoms with Crippen molar-refractivity contribution in [3.63, 3.8) is 0 Å². The quantitative estimate of drug-likeness (QED) is 0.177. The van der Waals surface area contributed by atoms with E-state index in [0.717, 1.165) is 0 Å². The number of ether oxygens (including phenoxy) is 4. The number of aliphatic hydroxyl groups is 9. The molecule has 2 fully saturated rings. The Morgan fingerprint density at radius 3 is 1.81 bits per heavy atom. The lowest BCUT2D eigenvalue weighted by atomic mass is 9.84. The van der Waals surface area contributed by atoms with Gasteiger partial charge >= 0.3 is 5.97 Å².